The summed E-state index contributed by atoms with van der Waals surface area (Å²) in [4.78, 5) is 5.55. The number of nitrogens with zero attached hydrogens (tertiary/aromatic N) is 2. The molecule has 2 aliphatic rings. The largest absolute Gasteiger partial charge is 0.315 e. The standard InChI is InChI=1S/C18H37N3/c1-4-8-17(14-19-13-16(2)3)21-12-9-18(15-21)20-10-6-5-7-11-20/h16-19H,4-15H2,1-3H3. The molecule has 2 atom stereocenters. The lowest BCUT2D eigenvalue weighted by Gasteiger charge is -2.33. The number of hydrogen-bond acceptors (Lipinski definition) is 3. The second kappa shape index (κ2) is 9.12. The van der Waals surface area contributed by atoms with Crippen molar-refractivity contribution < 1.29 is 0 Å². The van der Waals surface area contributed by atoms with Crippen LogP contribution in [0.1, 0.15) is 59.3 Å². The highest BCUT2D eigenvalue weighted by atomic mass is 15.3. The van der Waals surface area contributed by atoms with Crippen LogP contribution in [0.5, 0.6) is 0 Å². The molecule has 3 nitrogen and oxygen atoms in total. The fraction of sp³-hybridized carbons (Fsp3) is 1.00. The number of hydrogen-bond donors (Lipinski definition) is 1. The van der Waals surface area contributed by atoms with Gasteiger partial charge >= 0.3 is 0 Å². The first-order valence-corrected chi connectivity index (χ1v) is 9.39. The first-order chi connectivity index (χ1) is 10.2. The molecule has 0 aromatic heterocycles. The van der Waals surface area contributed by atoms with Crippen molar-refractivity contribution in [2.45, 2.75) is 71.4 Å². The average molecular weight is 296 g/mol. The molecule has 3 heteroatoms. The molecule has 0 aliphatic carbocycles. The van der Waals surface area contributed by atoms with Gasteiger partial charge in [-0.05, 0) is 51.2 Å². The topological polar surface area (TPSA) is 18.5 Å². The molecule has 0 bridgehead atoms. The summed E-state index contributed by atoms with van der Waals surface area (Å²) in [7, 11) is 0. The highest BCUT2D eigenvalue weighted by Gasteiger charge is 2.31. The van der Waals surface area contributed by atoms with Crippen molar-refractivity contribution in [3.8, 4) is 0 Å². The van der Waals surface area contributed by atoms with Crippen LogP contribution < -0.4 is 5.32 Å². The summed E-state index contributed by atoms with van der Waals surface area (Å²) in [6, 6.07) is 1.60. The molecule has 2 fully saturated rings. The molecule has 0 aromatic rings. The maximum absolute atomic E-state index is 3.69. The van der Waals surface area contributed by atoms with Crippen molar-refractivity contribution in [1.82, 2.24) is 15.1 Å². The van der Waals surface area contributed by atoms with Crippen LogP contribution in [0.2, 0.25) is 0 Å². The van der Waals surface area contributed by atoms with Gasteiger partial charge in [-0.3, -0.25) is 9.80 Å². The number of likely N-dealkylation sites (tertiary alicyclic amines) is 2. The Morgan fingerprint density at radius 1 is 1.05 bits per heavy atom. The van der Waals surface area contributed by atoms with E-state index in [0.717, 1.165) is 24.5 Å². The van der Waals surface area contributed by atoms with Crippen LogP contribution in [0.15, 0.2) is 0 Å². The lowest BCUT2D eigenvalue weighted by atomic mass is 10.1. The Hall–Kier alpha value is -0.120. The molecular formula is C18H37N3. The minimum Gasteiger partial charge on any atom is -0.315 e. The Labute approximate surface area is 132 Å². The summed E-state index contributed by atoms with van der Waals surface area (Å²) in [5, 5.41) is 3.69. The summed E-state index contributed by atoms with van der Waals surface area (Å²) in [6.45, 7) is 14.6. The average Bonchev–Trinajstić information content (AvgIpc) is 2.97. The smallest absolute Gasteiger partial charge is 0.0235 e. The zero-order chi connectivity index (χ0) is 15.1. The molecule has 0 radical (unpaired) electrons. The quantitative estimate of drug-likeness (QED) is 0.743. The molecule has 0 aromatic carbocycles. The fourth-order valence-corrected chi connectivity index (χ4v) is 3.97. The Balaban J connectivity index is 1.77. The summed E-state index contributed by atoms with van der Waals surface area (Å²) < 4.78 is 0. The number of nitrogens with one attached hydrogen (secondary N) is 1. The second-order valence-corrected chi connectivity index (χ2v) is 7.53. The Morgan fingerprint density at radius 3 is 2.48 bits per heavy atom. The zero-order valence-corrected chi connectivity index (χ0v) is 14.6. The van der Waals surface area contributed by atoms with Gasteiger partial charge in [-0.2, -0.15) is 0 Å². The maximum Gasteiger partial charge on any atom is 0.0235 e. The van der Waals surface area contributed by atoms with Gasteiger partial charge in [0.2, 0.25) is 0 Å². The fourth-order valence-electron chi connectivity index (χ4n) is 3.97. The zero-order valence-electron chi connectivity index (χ0n) is 14.6. The Morgan fingerprint density at radius 2 is 1.81 bits per heavy atom. The van der Waals surface area contributed by atoms with Crippen molar-refractivity contribution >= 4 is 0 Å². The summed E-state index contributed by atoms with van der Waals surface area (Å²) in [5.41, 5.74) is 0. The van der Waals surface area contributed by atoms with E-state index in [-0.39, 0.29) is 0 Å². The summed E-state index contributed by atoms with van der Waals surface area (Å²) in [6.07, 6.45) is 8.33. The normalized spacial score (nSPS) is 26.6. The molecule has 2 heterocycles. The van der Waals surface area contributed by atoms with E-state index in [9.17, 15) is 0 Å². The van der Waals surface area contributed by atoms with Crippen LogP contribution in [0, 0.1) is 5.92 Å². The van der Waals surface area contributed by atoms with Gasteiger partial charge in [-0.25, -0.2) is 0 Å². The van der Waals surface area contributed by atoms with Gasteiger partial charge in [0.25, 0.3) is 0 Å². The van der Waals surface area contributed by atoms with Crippen LogP contribution in [-0.4, -0.2) is 61.2 Å². The lowest BCUT2D eigenvalue weighted by Crippen LogP contribution is -2.45. The third kappa shape index (κ3) is 5.54. The van der Waals surface area contributed by atoms with Gasteiger partial charge in [0.05, 0.1) is 0 Å². The molecular weight excluding hydrogens is 258 g/mol. The highest BCUT2D eigenvalue weighted by molar-refractivity contribution is 4.88. The predicted molar refractivity (Wildman–Crippen MR) is 91.8 cm³/mol. The van der Waals surface area contributed by atoms with Crippen molar-refractivity contribution in [2.75, 3.05) is 39.3 Å². The molecule has 0 amide bonds. The monoisotopic (exact) mass is 295 g/mol. The van der Waals surface area contributed by atoms with E-state index < -0.39 is 0 Å². The first-order valence-electron chi connectivity index (χ1n) is 9.39. The van der Waals surface area contributed by atoms with Crippen molar-refractivity contribution in [1.29, 1.82) is 0 Å². The van der Waals surface area contributed by atoms with Gasteiger partial charge in [0.1, 0.15) is 0 Å². The molecule has 2 aliphatic heterocycles. The number of piperidine rings is 1. The molecule has 1 N–H and O–H groups in total. The third-order valence-electron chi connectivity index (χ3n) is 5.17. The molecule has 0 saturated carbocycles. The van der Waals surface area contributed by atoms with Crippen LogP contribution in [0.4, 0.5) is 0 Å². The molecule has 124 valence electrons. The van der Waals surface area contributed by atoms with Gasteiger partial charge in [0, 0.05) is 31.7 Å². The third-order valence-corrected chi connectivity index (χ3v) is 5.17. The highest BCUT2D eigenvalue weighted by Crippen LogP contribution is 2.22. The first kappa shape index (κ1) is 17.2. The molecule has 2 rings (SSSR count). The minimum atomic E-state index is 0.753. The SMILES string of the molecule is CCCC(CNCC(C)C)N1CCC(N2CCCCC2)C1. The lowest BCUT2D eigenvalue weighted by molar-refractivity contribution is 0.148. The van der Waals surface area contributed by atoms with Gasteiger partial charge in [-0.15, -0.1) is 0 Å². The van der Waals surface area contributed by atoms with E-state index >= 15 is 0 Å². The van der Waals surface area contributed by atoms with E-state index in [1.54, 1.807) is 0 Å². The van der Waals surface area contributed by atoms with E-state index in [2.05, 4.69) is 35.9 Å². The Bertz CT molecular complexity index is 274. The van der Waals surface area contributed by atoms with Gasteiger partial charge in [-0.1, -0.05) is 33.6 Å². The summed E-state index contributed by atoms with van der Waals surface area (Å²) >= 11 is 0. The molecule has 21 heavy (non-hydrogen) atoms. The second-order valence-electron chi connectivity index (χ2n) is 7.53. The van der Waals surface area contributed by atoms with E-state index in [4.69, 9.17) is 0 Å². The van der Waals surface area contributed by atoms with Gasteiger partial charge < -0.3 is 5.32 Å². The van der Waals surface area contributed by atoms with Crippen LogP contribution >= 0.6 is 0 Å². The van der Waals surface area contributed by atoms with Crippen molar-refractivity contribution in [2.24, 2.45) is 5.92 Å². The van der Waals surface area contributed by atoms with E-state index in [0.29, 0.717) is 0 Å². The summed E-state index contributed by atoms with van der Waals surface area (Å²) in [5.74, 6) is 0.756. The maximum atomic E-state index is 3.69. The molecule has 2 unspecified atom stereocenters. The van der Waals surface area contributed by atoms with E-state index in [1.165, 1.54) is 71.2 Å². The molecule has 0 spiro atoms. The van der Waals surface area contributed by atoms with Crippen LogP contribution in [0.3, 0.4) is 0 Å². The van der Waals surface area contributed by atoms with Crippen molar-refractivity contribution in [3.63, 3.8) is 0 Å². The number of rotatable bonds is 8. The predicted octanol–water partition coefficient (Wildman–Crippen LogP) is 2.96. The van der Waals surface area contributed by atoms with Crippen LogP contribution in [-0.2, 0) is 0 Å². The minimum absolute atomic E-state index is 0.753. The molecule has 2 saturated heterocycles. The van der Waals surface area contributed by atoms with E-state index in [1.807, 2.05) is 0 Å². The Kier molecular flexibility index (Phi) is 7.48. The van der Waals surface area contributed by atoms with Crippen molar-refractivity contribution in [3.05, 3.63) is 0 Å². The van der Waals surface area contributed by atoms with Crippen LogP contribution in [0.25, 0.3) is 0 Å². The van der Waals surface area contributed by atoms with Gasteiger partial charge in [0.15, 0.2) is 0 Å².